The molecular formula is C17H22N6O3S. The number of hydrogen-bond acceptors (Lipinski definition) is 8. The molecule has 10 heteroatoms. The first kappa shape index (κ1) is 19.2. The molecule has 1 unspecified atom stereocenters. The van der Waals surface area contributed by atoms with E-state index in [0.29, 0.717) is 24.2 Å². The van der Waals surface area contributed by atoms with Crippen molar-refractivity contribution in [3.63, 3.8) is 0 Å². The van der Waals surface area contributed by atoms with E-state index in [9.17, 15) is 13.2 Å². The Labute approximate surface area is 157 Å². The van der Waals surface area contributed by atoms with E-state index in [2.05, 4.69) is 9.97 Å². The highest BCUT2D eigenvalue weighted by Gasteiger charge is 2.30. The number of likely N-dealkylation sites (tertiary alicyclic amines) is 1. The van der Waals surface area contributed by atoms with Gasteiger partial charge in [-0.15, -0.1) is 0 Å². The molecule has 0 radical (unpaired) electrons. The molecule has 0 aliphatic carbocycles. The summed E-state index contributed by atoms with van der Waals surface area (Å²) in [6.07, 6.45) is 2.95. The molecule has 1 aliphatic rings. The molecule has 1 aromatic heterocycles. The minimum absolute atomic E-state index is 0.0395. The van der Waals surface area contributed by atoms with E-state index in [0.717, 1.165) is 13.0 Å². The van der Waals surface area contributed by atoms with Crippen LogP contribution in [0.2, 0.25) is 0 Å². The van der Waals surface area contributed by atoms with E-state index in [1.807, 2.05) is 17.4 Å². The van der Waals surface area contributed by atoms with Crippen LogP contribution >= 0.6 is 0 Å². The second-order valence-corrected chi connectivity index (χ2v) is 8.79. The number of anilines is 1. The van der Waals surface area contributed by atoms with Gasteiger partial charge in [-0.1, -0.05) is 12.1 Å². The van der Waals surface area contributed by atoms with E-state index >= 15 is 0 Å². The number of piperidine rings is 1. The fourth-order valence-electron chi connectivity index (χ4n) is 3.15. The second kappa shape index (κ2) is 7.59. The van der Waals surface area contributed by atoms with Crippen LogP contribution in [0.1, 0.15) is 23.3 Å². The first-order chi connectivity index (χ1) is 12.8. The number of hydrazine groups is 1. The lowest BCUT2D eigenvalue weighted by Crippen LogP contribution is -2.40. The van der Waals surface area contributed by atoms with Gasteiger partial charge in [0.25, 0.3) is 5.91 Å². The monoisotopic (exact) mass is 390 g/mol. The molecule has 1 saturated heterocycles. The number of carbonyl (C=O) groups is 1. The number of nitrogens with zero attached hydrogens (tertiary/aromatic N) is 3. The Balaban J connectivity index is 1.88. The molecule has 144 valence electrons. The number of nitrogen functional groups attached to an aromatic ring is 2. The number of nitrogens with one attached hydrogen (secondary N) is 1. The molecule has 0 saturated carbocycles. The first-order valence-corrected chi connectivity index (χ1v) is 10.0. The maximum Gasteiger partial charge on any atom is 0.287 e. The maximum absolute atomic E-state index is 12.9. The van der Waals surface area contributed by atoms with Crippen molar-refractivity contribution >= 4 is 21.6 Å². The van der Waals surface area contributed by atoms with Crippen LogP contribution in [0, 0.1) is 0 Å². The predicted molar refractivity (Wildman–Crippen MR) is 101 cm³/mol. The molecule has 1 aromatic carbocycles. The third-order valence-corrected chi connectivity index (χ3v) is 6.84. The van der Waals surface area contributed by atoms with Crippen LogP contribution in [-0.4, -0.2) is 54.6 Å². The van der Waals surface area contributed by atoms with Crippen LogP contribution in [0.25, 0.3) is 11.3 Å². The number of sulfone groups is 1. The Morgan fingerprint density at radius 3 is 2.63 bits per heavy atom. The van der Waals surface area contributed by atoms with Crippen molar-refractivity contribution in [3.8, 4) is 11.3 Å². The van der Waals surface area contributed by atoms with Crippen LogP contribution in [0.5, 0.6) is 0 Å². The van der Waals surface area contributed by atoms with E-state index in [-0.39, 0.29) is 16.4 Å². The molecule has 27 heavy (non-hydrogen) atoms. The lowest BCUT2D eigenvalue weighted by atomic mass is 10.1. The second-order valence-electron chi connectivity index (χ2n) is 6.56. The lowest BCUT2D eigenvalue weighted by Gasteiger charge is -2.29. The summed E-state index contributed by atoms with van der Waals surface area (Å²) in [5, 5.41) is -0.404. The SMILES string of the molecule is CN1CCCC(S(=O)(=O)c2ccc(-c3cnc(N)c(C(=O)NN)n3)cc2)C1. The topological polar surface area (TPSA) is 144 Å². The van der Waals surface area contributed by atoms with Gasteiger partial charge in [-0.3, -0.25) is 10.2 Å². The van der Waals surface area contributed by atoms with Crippen LogP contribution in [-0.2, 0) is 9.84 Å². The summed E-state index contributed by atoms with van der Waals surface area (Å²) in [7, 11) is -1.47. The van der Waals surface area contributed by atoms with Crippen molar-refractivity contribution in [2.75, 3.05) is 25.9 Å². The number of carbonyl (C=O) groups excluding carboxylic acids is 1. The fraction of sp³-hybridized carbons (Fsp3) is 0.353. The summed E-state index contributed by atoms with van der Waals surface area (Å²) >= 11 is 0. The van der Waals surface area contributed by atoms with Crippen molar-refractivity contribution in [2.24, 2.45) is 5.84 Å². The number of hydrogen-bond donors (Lipinski definition) is 3. The van der Waals surface area contributed by atoms with E-state index < -0.39 is 21.0 Å². The minimum atomic E-state index is -3.40. The van der Waals surface area contributed by atoms with Crippen molar-refractivity contribution in [3.05, 3.63) is 36.2 Å². The summed E-state index contributed by atoms with van der Waals surface area (Å²) in [6.45, 7) is 1.45. The Hall–Kier alpha value is -2.56. The fourth-order valence-corrected chi connectivity index (χ4v) is 4.98. The summed E-state index contributed by atoms with van der Waals surface area (Å²) in [5.41, 5.74) is 8.54. The number of aromatic nitrogens is 2. The molecular weight excluding hydrogens is 368 g/mol. The molecule has 1 fully saturated rings. The lowest BCUT2D eigenvalue weighted by molar-refractivity contribution is 0.0949. The average Bonchev–Trinajstić information content (AvgIpc) is 2.68. The Morgan fingerprint density at radius 1 is 1.30 bits per heavy atom. The van der Waals surface area contributed by atoms with Gasteiger partial charge in [-0.2, -0.15) is 0 Å². The summed E-state index contributed by atoms with van der Waals surface area (Å²) < 4.78 is 25.7. The molecule has 3 rings (SSSR count). The molecule has 0 bridgehead atoms. The molecule has 2 aromatic rings. The third-order valence-electron chi connectivity index (χ3n) is 4.65. The summed E-state index contributed by atoms with van der Waals surface area (Å²) in [6, 6.07) is 6.40. The van der Waals surface area contributed by atoms with Gasteiger partial charge in [0.15, 0.2) is 21.3 Å². The molecule has 1 amide bonds. The van der Waals surface area contributed by atoms with E-state index in [1.165, 1.54) is 6.20 Å². The molecule has 1 atom stereocenters. The highest BCUT2D eigenvalue weighted by molar-refractivity contribution is 7.92. The smallest absolute Gasteiger partial charge is 0.287 e. The maximum atomic E-state index is 12.9. The first-order valence-electron chi connectivity index (χ1n) is 8.49. The van der Waals surface area contributed by atoms with Crippen LogP contribution in [0.4, 0.5) is 5.82 Å². The third kappa shape index (κ3) is 3.92. The summed E-state index contributed by atoms with van der Waals surface area (Å²) in [4.78, 5) is 22.1. The Morgan fingerprint density at radius 2 is 2.00 bits per heavy atom. The quantitative estimate of drug-likeness (QED) is 0.381. The number of rotatable bonds is 4. The number of nitrogens with two attached hydrogens (primary N) is 2. The highest BCUT2D eigenvalue weighted by atomic mass is 32.2. The zero-order valence-corrected chi connectivity index (χ0v) is 15.7. The van der Waals surface area contributed by atoms with Gasteiger partial charge in [0.05, 0.1) is 22.0 Å². The van der Waals surface area contributed by atoms with Gasteiger partial charge in [0, 0.05) is 12.1 Å². The van der Waals surface area contributed by atoms with Crippen molar-refractivity contribution in [1.82, 2.24) is 20.3 Å². The van der Waals surface area contributed by atoms with Crippen LogP contribution < -0.4 is 17.0 Å². The number of amides is 1. The molecule has 5 N–H and O–H groups in total. The van der Waals surface area contributed by atoms with Gasteiger partial charge in [0.1, 0.15) is 0 Å². The van der Waals surface area contributed by atoms with Crippen LogP contribution in [0.3, 0.4) is 0 Å². The zero-order valence-electron chi connectivity index (χ0n) is 14.9. The predicted octanol–water partition coefficient (Wildman–Crippen LogP) is 0.197. The van der Waals surface area contributed by atoms with Gasteiger partial charge in [-0.25, -0.2) is 24.2 Å². The normalized spacial score (nSPS) is 18.2. The van der Waals surface area contributed by atoms with Crippen molar-refractivity contribution < 1.29 is 13.2 Å². The van der Waals surface area contributed by atoms with Gasteiger partial charge in [0.2, 0.25) is 0 Å². The van der Waals surface area contributed by atoms with E-state index in [4.69, 9.17) is 11.6 Å². The van der Waals surface area contributed by atoms with Crippen molar-refractivity contribution in [2.45, 2.75) is 23.0 Å². The zero-order chi connectivity index (χ0) is 19.6. The van der Waals surface area contributed by atoms with Gasteiger partial charge >= 0.3 is 0 Å². The molecule has 0 spiro atoms. The average molecular weight is 390 g/mol. The van der Waals surface area contributed by atoms with Crippen molar-refractivity contribution in [1.29, 1.82) is 0 Å². The van der Waals surface area contributed by atoms with Gasteiger partial charge in [-0.05, 0) is 38.6 Å². The summed E-state index contributed by atoms with van der Waals surface area (Å²) in [5.74, 6) is 4.43. The minimum Gasteiger partial charge on any atom is -0.382 e. The molecule has 9 nitrogen and oxygen atoms in total. The standard InChI is InChI=1S/C17H22N6O3S/c1-23-8-2-3-13(10-23)27(25,26)12-6-4-11(5-7-12)14-9-20-16(18)15(21-14)17(24)22-19/h4-7,9,13H,2-3,8,10,19H2,1H3,(H2,18,20)(H,22,24). The highest BCUT2D eigenvalue weighted by Crippen LogP contribution is 2.26. The largest absolute Gasteiger partial charge is 0.382 e. The van der Waals surface area contributed by atoms with Crippen LogP contribution in [0.15, 0.2) is 35.4 Å². The van der Waals surface area contributed by atoms with E-state index in [1.54, 1.807) is 24.3 Å². The molecule has 2 heterocycles. The number of benzene rings is 1. The Bertz CT molecular complexity index is 946. The van der Waals surface area contributed by atoms with Gasteiger partial charge < -0.3 is 10.6 Å². The Kier molecular flexibility index (Phi) is 5.40. The molecule has 1 aliphatic heterocycles.